The first-order chi connectivity index (χ1) is 18.7. The molecule has 1 saturated carbocycles. The largest absolute Gasteiger partial charge is 0.391 e. The second kappa shape index (κ2) is 14.3. The Balaban J connectivity index is 1.27. The van der Waals surface area contributed by atoms with Gasteiger partial charge in [-0.2, -0.15) is 0 Å². The molecule has 0 bridgehead atoms. The van der Waals surface area contributed by atoms with Crippen molar-refractivity contribution in [2.45, 2.75) is 70.8 Å². The number of aliphatic hydroxyl groups excluding tert-OH is 1. The Morgan fingerprint density at radius 3 is 2.36 bits per heavy atom. The second-order valence-electron chi connectivity index (χ2n) is 9.83. The van der Waals surface area contributed by atoms with E-state index in [2.05, 4.69) is 10.6 Å². The monoisotopic (exact) mass is 546 g/mol. The minimum Gasteiger partial charge on any atom is -0.391 e. The highest BCUT2D eigenvalue weighted by molar-refractivity contribution is 6.01. The van der Waals surface area contributed by atoms with E-state index >= 15 is 0 Å². The molecule has 1 saturated heterocycles. The average Bonchev–Trinajstić information content (AvgIpc) is 3.25. The molecule has 0 radical (unpaired) electrons. The molecule has 3 rings (SSSR count). The van der Waals surface area contributed by atoms with Crippen LogP contribution in [0.5, 0.6) is 0 Å². The van der Waals surface area contributed by atoms with Gasteiger partial charge in [-0.25, -0.2) is 4.79 Å². The molecule has 0 atom stereocenters. The summed E-state index contributed by atoms with van der Waals surface area (Å²) in [5, 5.41) is 26.6. The van der Waals surface area contributed by atoms with Crippen molar-refractivity contribution in [3.05, 3.63) is 39.4 Å². The van der Waals surface area contributed by atoms with E-state index < -0.39 is 35.2 Å². The fraction of sp³-hybridized carbons (Fsp3) is 0.577. The van der Waals surface area contributed by atoms with E-state index in [4.69, 9.17) is 4.84 Å². The molecular weight excluding hydrogens is 512 g/mol. The lowest BCUT2D eigenvalue weighted by molar-refractivity contribution is -0.385. The lowest BCUT2D eigenvalue weighted by atomic mass is 9.81. The first-order valence-electron chi connectivity index (χ1n) is 13.2. The molecule has 4 amide bonds. The van der Waals surface area contributed by atoms with Crippen LogP contribution in [0.25, 0.3) is 0 Å². The fourth-order valence-corrected chi connectivity index (χ4v) is 4.71. The van der Waals surface area contributed by atoms with E-state index in [0.717, 1.165) is 18.9 Å². The third kappa shape index (κ3) is 8.57. The third-order valence-corrected chi connectivity index (χ3v) is 7.04. The van der Waals surface area contributed by atoms with Crippen LogP contribution in [-0.4, -0.2) is 57.8 Å². The van der Waals surface area contributed by atoms with Crippen LogP contribution < -0.4 is 10.6 Å². The molecular formula is C26H34N4O9. The predicted octanol–water partition coefficient (Wildman–Crippen LogP) is 1.91. The number of hydroxylamine groups is 2. The zero-order valence-corrected chi connectivity index (χ0v) is 21.7. The Morgan fingerprint density at radius 2 is 1.72 bits per heavy atom. The molecule has 1 aliphatic carbocycles. The number of aliphatic hydroxyl groups is 1. The number of amides is 4. The Labute approximate surface area is 225 Å². The minimum absolute atomic E-state index is 0.0146. The summed E-state index contributed by atoms with van der Waals surface area (Å²) >= 11 is 0. The summed E-state index contributed by atoms with van der Waals surface area (Å²) in [5.74, 6) is -1.97. The molecule has 39 heavy (non-hydrogen) atoms. The van der Waals surface area contributed by atoms with Crippen LogP contribution in [0.2, 0.25) is 0 Å². The van der Waals surface area contributed by atoms with Crippen LogP contribution in [0, 0.1) is 22.0 Å². The highest BCUT2D eigenvalue weighted by Crippen LogP contribution is 2.29. The molecule has 1 aliphatic heterocycles. The number of nitro benzene ring substituents is 1. The molecule has 0 aromatic heterocycles. The van der Waals surface area contributed by atoms with Gasteiger partial charge in [-0.15, -0.1) is 5.06 Å². The molecule has 212 valence electrons. The number of nitrogens with one attached hydrogen (secondary N) is 2. The number of hydrogen-bond donors (Lipinski definition) is 3. The quantitative estimate of drug-likeness (QED) is 0.144. The number of nitrogens with zero attached hydrogens (tertiary/aromatic N) is 2. The second-order valence-corrected chi connectivity index (χ2v) is 9.83. The van der Waals surface area contributed by atoms with Crippen molar-refractivity contribution in [3.8, 4) is 0 Å². The molecule has 3 N–H and O–H groups in total. The summed E-state index contributed by atoms with van der Waals surface area (Å²) in [7, 11) is 0. The van der Waals surface area contributed by atoms with E-state index in [-0.39, 0.29) is 53.8 Å². The van der Waals surface area contributed by atoms with Crippen molar-refractivity contribution in [3.63, 3.8) is 0 Å². The van der Waals surface area contributed by atoms with E-state index in [0.29, 0.717) is 50.3 Å². The zero-order valence-electron chi connectivity index (χ0n) is 21.7. The summed E-state index contributed by atoms with van der Waals surface area (Å²) in [6, 6.07) is 3.97. The Hall–Kier alpha value is -3.87. The van der Waals surface area contributed by atoms with Crippen molar-refractivity contribution in [1.82, 2.24) is 15.7 Å². The lowest BCUT2D eigenvalue weighted by Crippen LogP contribution is -2.36. The van der Waals surface area contributed by atoms with Crippen molar-refractivity contribution in [2.75, 3.05) is 13.1 Å². The molecule has 0 unspecified atom stereocenters. The van der Waals surface area contributed by atoms with Crippen molar-refractivity contribution >= 4 is 35.3 Å². The maximum Gasteiger partial charge on any atom is 0.333 e. The maximum absolute atomic E-state index is 12.5. The molecule has 0 spiro atoms. The average molecular weight is 547 g/mol. The van der Waals surface area contributed by atoms with Crippen LogP contribution in [-0.2, 0) is 30.6 Å². The normalized spacial score (nSPS) is 19.1. The van der Waals surface area contributed by atoms with E-state index in [1.54, 1.807) is 0 Å². The Morgan fingerprint density at radius 1 is 1.03 bits per heavy atom. The Kier molecular flexibility index (Phi) is 10.9. The summed E-state index contributed by atoms with van der Waals surface area (Å²) < 4.78 is 0. The number of rotatable bonds is 13. The standard InChI is InChI=1S/C26H34N4O9/c31-16-20-10-9-19(14-21(20)30(37)38)26(36)28-15-17-5-7-18(8-6-17)25(35)27-13-3-1-2-4-24(34)39-29-22(32)11-12-23(29)33/h9-10,14,17-18,31H,1-8,11-13,15-16H2,(H,27,35)(H,28,36). The van der Waals surface area contributed by atoms with Gasteiger partial charge < -0.3 is 20.6 Å². The number of hydrogen-bond acceptors (Lipinski definition) is 9. The summed E-state index contributed by atoms with van der Waals surface area (Å²) in [6.07, 6.45) is 5.00. The van der Waals surface area contributed by atoms with Gasteiger partial charge in [0, 0.05) is 49.9 Å². The minimum atomic E-state index is -0.630. The number of carbonyl (C=O) groups excluding carboxylic acids is 5. The lowest BCUT2D eigenvalue weighted by Gasteiger charge is -2.28. The van der Waals surface area contributed by atoms with Gasteiger partial charge in [0.2, 0.25) is 5.91 Å². The van der Waals surface area contributed by atoms with Crippen molar-refractivity contribution in [1.29, 1.82) is 0 Å². The highest BCUT2D eigenvalue weighted by Gasteiger charge is 2.32. The molecule has 13 heteroatoms. The number of unbranched alkanes of at least 4 members (excludes halogenated alkanes) is 2. The molecule has 1 heterocycles. The predicted molar refractivity (Wildman–Crippen MR) is 135 cm³/mol. The fourth-order valence-electron chi connectivity index (χ4n) is 4.71. The maximum atomic E-state index is 12.5. The van der Waals surface area contributed by atoms with Gasteiger partial charge in [-0.05, 0) is 56.6 Å². The van der Waals surface area contributed by atoms with Gasteiger partial charge in [0.1, 0.15) is 0 Å². The van der Waals surface area contributed by atoms with Crippen LogP contribution >= 0.6 is 0 Å². The SMILES string of the molecule is O=C(CCCCCNC(=O)C1CCC(CNC(=O)c2ccc(CO)c([N+](=O)[O-])c2)CC1)ON1C(=O)CCC1=O. The molecule has 2 aliphatic rings. The van der Waals surface area contributed by atoms with Crippen LogP contribution in [0.1, 0.15) is 80.1 Å². The summed E-state index contributed by atoms with van der Waals surface area (Å²) in [6.45, 7) is 0.401. The van der Waals surface area contributed by atoms with Crippen molar-refractivity contribution < 1.29 is 38.8 Å². The summed E-state index contributed by atoms with van der Waals surface area (Å²) in [4.78, 5) is 75.0. The van der Waals surface area contributed by atoms with E-state index in [9.17, 15) is 39.2 Å². The van der Waals surface area contributed by atoms with E-state index in [1.807, 2.05) is 0 Å². The first-order valence-corrected chi connectivity index (χ1v) is 13.2. The van der Waals surface area contributed by atoms with Gasteiger partial charge in [0.25, 0.3) is 23.4 Å². The number of nitro groups is 1. The Bertz CT molecular complexity index is 1080. The van der Waals surface area contributed by atoms with Crippen LogP contribution in [0.4, 0.5) is 5.69 Å². The molecule has 2 fully saturated rings. The molecule has 13 nitrogen and oxygen atoms in total. The highest BCUT2D eigenvalue weighted by atomic mass is 16.7. The zero-order chi connectivity index (χ0) is 28.4. The number of imide groups is 1. The van der Waals surface area contributed by atoms with Crippen LogP contribution in [0.3, 0.4) is 0 Å². The third-order valence-electron chi connectivity index (χ3n) is 7.04. The van der Waals surface area contributed by atoms with Gasteiger partial charge in [-0.3, -0.25) is 29.3 Å². The van der Waals surface area contributed by atoms with E-state index in [1.165, 1.54) is 12.1 Å². The first kappa shape index (κ1) is 29.7. The van der Waals surface area contributed by atoms with Gasteiger partial charge >= 0.3 is 5.97 Å². The summed E-state index contributed by atoms with van der Waals surface area (Å²) in [5.41, 5.74) is -0.00373. The smallest absolute Gasteiger partial charge is 0.333 e. The van der Waals surface area contributed by atoms with Gasteiger partial charge in [-0.1, -0.05) is 6.42 Å². The number of carbonyl (C=O) groups is 5. The van der Waals surface area contributed by atoms with Crippen molar-refractivity contribution in [2.24, 2.45) is 11.8 Å². The molecule has 1 aromatic rings. The van der Waals surface area contributed by atoms with Crippen LogP contribution in [0.15, 0.2) is 18.2 Å². The van der Waals surface area contributed by atoms with Gasteiger partial charge in [0.05, 0.1) is 17.1 Å². The molecule has 1 aromatic carbocycles. The van der Waals surface area contributed by atoms with Gasteiger partial charge in [0.15, 0.2) is 0 Å². The topological polar surface area (TPSA) is 185 Å². The number of benzene rings is 1.